The molecule has 0 fully saturated rings. The summed E-state index contributed by atoms with van der Waals surface area (Å²) in [7, 11) is 1.90. The number of aryl methyl sites for hydroxylation is 2. The molecule has 4 nitrogen and oxygen atoms in total. The van der Waals surface area contributed by atoms with Crippen molar-refractivity contribution in [2.75, 3.05) is 0 Å². The Morgan fingerprint density at radius 1 is 1.41 bits per heavy atom. The second-order valence-electron chi connectivity index (χ2n) is 4.32. The maximum Gasteiger partial charge on any atom is 0.140 e. The van der Waals surface area contributed by atoms with E-state index in [1.165, 1.54) is 11.1 Å². The van der Waals surface area contributed by atoms with Crippen molar-refractivity contribution in [2.45, 2.75) is 26.4 Å². The van der Waals surface area contributed by atoms with Crippen molar-refractivity contribution in [1.82, 2.24) is 20.1 Å². The molecule has 1 N–H and O–H groups in total. The molecule has 1 aromatic carbocycles. The van der Waals surface area contributed by atoms with Crippen molar-refractivity contribution in [1.29, 1.82) is 0 Å². The first-order valence-electron chi connectivity index (χ1n) is 5.79. The molecule has 0 spiro atoms. The van der Waals surface area contributed by atoms with Gasteiger partial charge in [-0.1, -0.05) is 29.8 Å². The molecular formula is C13H18N4. The van der Waals surface area contributed by atoms with Crippen molar-refractivity contribution in [3.8, 4) is 0 Å². The smallest absolute Gasteiger partial charge is 0.140 e. The van der Waals surface area contributed by atoms with E-state index in [1.54, 1.807) is 11.0 Å². The number of hydrogen-bond donors (Lipinski definition) is 1. The highest BCUT2D eigenvalue weighted by molar-refractivity contribution is 5.24. The van der Waals surface area contributed by atoms with Crippen LogP contribution < -0.4 is 5.32 Å². The zero-order valence-electron chi connectivity index (χ0n) is 10.5. The fraction of sp³-hybridized carbons (Fsp3) is 0.385. The molecule has 2 rings (SSSR count). The molecule has 0 aliphatic rings. The Bertz CT molecular complexity index is 490. The van der Waals surface area contributed by atoms with Crippen LogP contribution in [0, 0.1) is 6.92 Å². The predicted octanol–water partition coefficient (Wildman–Crippen LogP) is 1.97. The Labute approximate surface area is 102 Å². The molecule has 1 heterocycles. The molecule has 0 aliphatic carbocycles. The van der Waals surface area contributed by atoms with Crippen LogP contribution in [-0.4, -0.2) is 14.8 Å². The van der Waals surface area contributed by atoms with Gasteiger partial charge in [0.05, 0.1) is 6.54 Å². The molecule has 0 saturated carbocycles. The lowest BCUT2D eigenvalue weighted by atomic mass is 10.1. The fourth-order valence-corrected chi connectivity index (χ4v) is 1.78. The first-order valence-corrected chi connectivity index (χ1v) is 5.79. The molecule has 0 aliphatic heterocycles. The van der Waals surface area contributed by atoms with E-state index in [2.05, 4.69) is 53.5 Å². The van der Waals surface area contributed by atoms with E-state index in [1.807, 2.05) is 7.05 Å². The molecule has 4 heteroatoms. The topological polar surface area (TPSA) is 42.7 Å². The van der Waals surface area contributed by atoms with Gasteiger partial charge in [0.25, 0.3) is 0 Å². The largest absolute Gasteiger partial charge is 0.303 e. The molecule has 0 bridgehead atoms. The van der Waals surface area contributed by atoms with Crippen molar-refractivity contribution in [2.24, 2.45) is 7.05 Å². The van der Waals surface area contributed by atoms with E-state index in [0.717, 1.165) is 12.4 Å². The normalized spacial score (nSPS) is 12.6. The molecular weight excluding hydrogens is 212 g/mol. The zero-order chi connectivity index (χ0) is 12.3. The summed E-state index contributed by atoms with van der Waals surface area (Å²) in [5.74, 6) is 0.949. The van der Waals surface area contributed by atoms with Crippen LogP contribution in [-0.2, 0) is 13.6 Å². The van der Waals surface area contributed by atoms with Crippen LogP contribution >= 0.6 is 0 Å². The quantitative estimate of drug-likeness (QED) is 0.873. The minimum absolute atomic E-state index is 0.312. The van der Waals surface area contributed by atoms with Gasteiger partial charge in [-0.05, 0) is 19.4 Å². The SMILES string of the molecule is Cc1cccc([C@@H](C)NCc2ncnn2C)c1. The first kappa shape index (κ1) is 11.8. The molecule has 0 saturated heterocycles. The van der Waals surface area contributed by atoms with E-state index < -0.39 is 0 Å². The third-order valence-corrected chi connectivity index (χ3v) is 2.91. The summed E-state index contributed by atoms with van der Waals surface area (Å²) >= 11 is 0. The molecule has 1 atom stereocenters. The minimum atomic E-state index is 0.312. The number of nitrogens with one attached hydrogen (secondary N) is 1. The van der Waals surface area contributed by atoms with Gasteiger partial charge in [-0.15, -0.1) is 0 Å². The van der Waals surface area contributed by atoms with Gasteiger partial charge >= 0.3 is 0 Å². The van der Waals surface area contributed by atoms with Crippen molar-refractivity contribution >= 4 is 0 Å². The highest BCUT2D eigenvalue weighted by Crippen LogP contribution is 2.13. The monoisotopic (exact) mass is 230 g/mol. The highest BCUT2D eigenvalue weighted by Gasteiger charge is 2.06. The average molecular weight is 230 g/mol. The van der Waals surface area contributed by atoms with Gasteiger partial charge < -0.3 is 5.32 Å². The Hall–Kier alpha value is -1.68. The van der Waals surface area contributed by atoms with Crippen LogP contribution in [0.25, 0.3) is 0 Å². The van der Waals surface area contributed by atoms with Gasteiger partial charge in [0.1, 0.15) is 12.2 Å². The predicted molar refractivity (Wildman–Crippen MR) is 67.4 cm³/mol. The molecule has 1 aromatic heterocycles. The van der Waals surface area contributed by atoms with Crippen LogP contribution in [0.4, 0.5) is 0 Å². The Morgan fingerprint density at radius 2 is 2.24 bits per heavy atom. The van der Waals surface area contributed by atoms with Gasteiger partial charge in [-0.2, -0.15) is 5.10 Å². The fourth-order valence-electron chi connectivity index (χ4n) is 1.78. The number of hydrogen-bond acceptors (Lipinski definition) is 3. The van der Waals surface area contributed by atoms with Gasteiger partial charge in [-0.3, -0.25) is 4.68 Å². The van der Waals surface area contributed by atoms with Crippen LogP contribution in [0.1, 0.15) is 29.9 Å². The van der Waals surface area contributed by atoms with Crippen molar-refractivity contribution < 1.29 is 0 Å². The number of nitrogens with zero attached hydrogens (tertiary/aromatic N) is 3. The standard InChI is InChI=1S/C13H18N4/c1-10-5-4-6-12(7-10)11(2)14-8-13-15-9-16-17(13)3/h4-7,9,11,14H,8H2,1-3H3/t11-/m1/s1. The van der Waals surface area contributed by atoms with Crippen LogP contribution in [0.15, 0.2) is 30.6 Å². The maximum atomic E-state index is 4.19. The van der Waals surface area contributed by atoms with Crippen molar-refractivity contribution in [3.05, 3.63) is 47.5 Å². The van der Waals surface area contributed by atoms with E-state index in [4.69, 9.17) is 0 Å². The van der Waals surface area contributed by atoms with Gasteiger partial charge in [-0.25, -0.2) is 4.98 Å². The molecule has 17 heavy (non-hydrogen) atoms. The third kappa shape index (κ3) is 2.91. The molecule has 2 aromatic rings. The summed E-state index contributed by atoms with van der Waals surface area (Å²) in [5.41, 5.74) is 2.59. The van der Waals surface area contributed by atoms with Crippen LogP contribution in [0.2, 0.25) is 0 Å². The summed E-state index contributed by atoms with van der Waals surface area (Å²) in [6, 6.07) is 8.85. The minimum Gasteiger partial charge on any atom is -0.303 e. The maximum absolute atomic E-state index is 4.19. The Morgan fingerprint density at radius 3 is 2.88 bits per heavy atom. The van der Waals surface area contributed by atoms with E-state index in [9.17, 15) is 0 Å². The van der Waals surface area contributed by atoms with Gasteiger partial charge in [0, 0.05) is 13.1 Å². The third-order valence-electron chi connectivity index (χ3n) is 2.91. The zero-order valence-corrected chi connectivity index (χ0v) is 10.5. The second kappa shape index (κ2) is 5.10. The molecule has 0 unspecified atom stereocenters. The van der Waals surface area contributed by atoms with Crippen molar-refractivity contribution in [3.63, 3.8) is 0 Å². The molecule has 0 amide bonds. The van der Waals surface area contributed by atoms with Gasteiger partial charge in [0.15, 0.2) is 0 Å². The summed E-state index contributed by atoms with van der Waals surface area (Å²) in [5, 5.41) is 7.49. The summed E-state index contributed by atoms with van der Waals surface area (Å²) in [6.07, 6.45) is 1.58. The number of benzene rings is 1. The average Bonchev–Trinajstić information content (AvgIpc) is 2.72. The summed E-state index contributed by atoms with van der Waals surface area (Å²) in [4.78, 5) is 4.19. The lowest BCUT2D eigenvalue weighted by Crippen LogP contribution is -2.20. The molecule has 0 radical (unpaired) electrons. The van der Waals surface area contributed by atoms with Crippen LogP contribution in [0.5, 0.6) is 0 Å². The lowest BCUT2D eigenvalue weighted by molar-refractivity contribution is 0.540. The number of aromatic nitrogens is 3. The lowest BCUT2D eigenvalue weighted by Gasteiger charge is -2.14. The summed E-state index contributed by atoms with van der Waals surface area (Å²) < 4.78 is 1.79. The van der Waals surface area contributed by atoms with E-state index >= 15 is 0 Å². The van der Waals surface area contributed by atoms with Crippen LogP contribution in [0.3, 0.4) is 0 Å². The summed E-state index contributed by atoms with van der Waals surface area (Å²) in [6.45, 7) is 5.00. The number of rotatable bonds is 4. The van der Waals surface area contributed by atoms with E-state index in [0.29, 0.717) is 6.04 Å². The second-order valence-corrected chi connectivity index (χ2v) is 4.32. The highest BCUT2D eigenvalue weighted by atomic mass is 15.3. The Balaban J connectivity index is 1.98. The van der Waals surface area contributed by atoms with Gasteiger partial charge in [0.2, 0.25) is 0 Å². The molecule has 90 valence electrons. The Kier molecular flexibility index (Phi) is 3.54. The first-order chi connectivity index (χ1) is 8.16. The van der Waals surface area contributed by atoms with E-state index in [-0.39, 0.29) is 0 Å².